The number of benzene rings is 2. The van der Waals surface area contributed by atoms with Gasteiger partial charge in [-0.1, -0.05) is 29.8 Å². The Kier molecular flexibility index (Phi) is 4.42. The molecule has 1 atom stereocenters. The topological polar surface area (TPSA) is 67.2 Å². The molecule has 0 amide bonds. The number of halogens is 1. The number of hydrogen-bond acceptors (Lipinski definition) is 4. The van der Waals surface area contributed by atoms with Gasteiger partial charge in [0.05, 0.1) is 22.8 Å². The summed E-state index contributed by atoms with van der Waals surface area (Å²) in [5.74, 6) is 1.05. The van der Waals surface area contributed by atoms with Crippen molar-refractivity contribution in [2.24, 2.45) is 0 Å². The average Bonchev–Trinajstić information content (AvgIpc) is 3.47. The van der Waals surface area contributed by atoms with Crippen molar-refractivity contribution in [1.82, 2.24) is 9.55 Å². The maximum absolute atomic E-state index is 12.9. The van der Waals surface area contributed by atoms with E-state index in [-0.39, 0.29) is 12.6 Å². The lowest BCUT2D eigenvalue weighted by atomic mass is 10.1. The molecule has 0 spiro atoms. The normalized spacial score (nSPS) is 15.2. The lowest BCUT2D eigenvalue weighted by molar-refractivity contribution is 0.281. The maximum Gasteiger partial charge on any atom is 0.354 e. The Morgan fingerprint density at radius 3 is 2.77 bits per heavy atom. The molecular formula is C20H20ClN3O2. The van der Waals surface area contributed by atoms with Crippen molar-refractivity contribution in [3.63, 3.8) is 0 Å². The lowest BCUT2D eigenvalue weighted by Gasteiger charge is -2.17. The minimum atomic E-state index is -0.397. The van der Waals surface area contributed by atoms with E-state index in [1.54, 1.807) is 10.6 Å². The van der Waals surface area contributed by atoms with E-state index < -0.39 is 5.69 Å². The second-order valence-electron chi connectivity index (χ2n) is 6.81. The van der Waals surface area contributed by atoms with E-state index in [2.05, 4.69) is 22.4 Å². The van der Waals surface area contributed by atoms with Crippen molar-refractivity contribution in [3.8, 4) is 5.69 Å². The van der Waals surface area contributed by atoms with Gasteiger partial charge in [0.25, 0.3) is 0 Å². The summed E-state index contributed by atoms with van der Waals surface area (Å²) >= 11 is 6.36. The van der Waals surface area contributed by atoms with Gasteiger partial charge in [-0.15, -0.1) is 0 Å². The van der Waals surface area contributed by atoms with Gasteiger partial charge in [0.15, 0.2) is 0 Å². The number of anilines is 1. The molecule has 6 heteroatoms. The quantitative estimate of drug-likeness (QED) is 0.719. The van der Waals surface area contributed by atoms with Crippen LogP contribution in [0.2, 0.25) is 5.02 Å². The highest BCUT2D eigenvalue weighted by Crippen LogP contribution is 2.41. The van der Waals surface area contributed by atoms with E-state index in [4.69, 9.17) is 11.6 Å². The predicted molar refractivity (Wildman–Crippen MR) is 104 cm³/mol. The van der Waals surface area contributed by atoms with Crippen LogP contribution in [0.4, 0.5) is 5.82 Å². The van der Waals surface area contributed by atoms with Crippen molar-refractivity contribution < 1.29 is 5.11 Å². The fourth-order valence-corrected chi connectivity index (χ4v) is 3.39. The molecule has 134 valence electrons. The van der Waals surface area contributed by atoms with Crippen LogP contribution in [0.5, 0.6) is 0 Å². The number of hydrogen-bond donors (Lipinski definition) is 2. The molecule has 1 aromatic heterocycles. The Hall–Kier alpha value is -2.37. The third kappa shape index (κ3) is 3.08. The fourth-order valence-electron chi connectivity index (χ4n) is 3.17. The molecule has 2 aromatic carbocycles. The summed E-state index contributed by atoms with van der Waals surface area (Å²) in [6.45, 7) is 1.79. The Morgan fingerprint density at radius 1 is 1.31 bits per heavy atom. The largest absolute Gasteiger partial charge is 0.394 e. The number of aliphatic hydroxyl groups excluding tert-OH is 1. The third-order valence-electron chi connectivity index (χ3n) is 4.72. The summed E-state index contributed by atoms with van der Waals surface area (Å²) in [6, 6.07) is 13.2. The van der Waals surface area contributed by atoms with E-state index >= 15 is 0 Å². The van der Waals surface area contributed by atoms with Crippen LogP contribution in [0.3, 0.4) is 0 Å². The molecule has 1 fully saturated rings. The summed E-state index contributed by atoms with van der Waals surface area (Å²) in [4.78, 5) is 17.1. The van der Waals surface area contributed by atoms with Crippen LogP contribution in [-0.2, 0) is 0 Å². The molecule has 1 aliphatic carbocycles. The molecule has 2 N–H and O–H groups in total. The molecule has 5 nitrogen and oxygen atoms in total. The van der Waals surface area contributed by atoms with E-state index in [1.165, 1.54) is 18.4 Å². The van der Waals surface area contributed by atoms with Gasteiger partial charge in [-0.25, -0.2) is 4.79 Å². The van der Waals surface area contributed by atoms with Crippen molar-refractivity contribution in [2.45, 2.75) is 31.7 Å². The monoisotopic (exact) mass is 369 g/mol. The zero-order valence-electron chi connectivity index (χ0n) is 14.4. The smallest absolute Gasteiger partial charge is 0.354 e. The summed E-state index contributed by atoms with van der Waals surface area (Å²) in [5.41, 5.74) is 2.22. The van der Waals surface area contributed by atoms with Gasteiger partial charge < -0.3 is 10.4 Å². The molecular weight excluding hydrogens is 350 g/mol. The van der Waals surface area contributed by atoms with Gasteiger partial charge in [0.2, 0.25) is 0 Å². The van der Waals surface area contributed by atoms with Crippen LogP contribution >= 0.6 is 11.6 Å². The van der Waals surface area contributed by atoms with Gasteiger partial charge in [-0.2, -0.15) is 4.98 Å². The van der Waals surface area contributed by atoms with E-state index in [1.807, 2.05) is 31.2 Å². The molecule has 1 heterocycles. The van der Waals surface area contributed by atoms with E-state index in [0.717, 1.165) is 10.9 Å². The Labute approximate surface area is 156 Å². The summed E-state index contributed by atoms with van der Waals surface area (Å²) in [7, 11) is 0. The SMILES string of the molecule is CC(CO)Nc1nc(=O)n(-c2ccccc2Cl)c2cc(C3CC3)ccc12. The average molecular weight is 370 g/mol. The Bertz CT molecular complexity index is 1030. The fraction of sp³-hybridized carbons (Fsp3) is 0.300. The number of rotatable bonds is 5. The highest BCUT2D eigenvalue weighted by atomic mass is 35.5. The first-order chi connectivity index (χ1) is 12.6. The number of para-hydroxylation sites is 1. The van der Waals surface area contributed by atoms with Gasteiger partial charge >= 0.3 is 5.69 Å². The van der Waals surface area contributed by atoms with Gasteiger partial charge in [-0.05, 0) is 55.5 Å². The molecule has 0 radical (unpaired) electrons. The molecule has 1 saturated carbocycles. The molecule has 1 aliphatic rings. The molecule has 1 unspecified atom stereocenters. The first kappa shape index (κ1) is 17.1. The van der Waals surface area contributed by atoms with Crippen molar-refractivity contribution >= 4 is 28.3 Å². The third-order valence-corrected chi connectivity index (χ3v) is 5.04. The molecule has 26 heavy (non-hydrogen) atoms. The number of aromatic nitrogens is 2. The minimum Gasteiger partial charge on any atom is -0.394 e. The van der Waals surface area contributed by atoms with Crippen LogP contribution in [0.1, 0.15) is 31.2 Å². The minimum absolute atomic E-state index is 0.0447. The molecule has 0 aliphatic heterocycles. The van der Waals surface area contributed by atoms with E-state index in [0.29, 0.717) is 22.4 Å². The number of nitrogens with one attached hydrogen (secondary N) is 1. The van der Waals surface area contributed by atoms with Crippen molar-refractivity contribution in [1.29, 1.82) is 0 Å². The van der Waals surface area contributed by atoms with Crippen LogP contribution in [0.25, 0.3) is 16.6 Å². The number of aliphatic hydroxyl groups is 1. The summed E-state index contributed by atoms with van der Waals surface area (Å²) in [6.07, 6.45) is 2.36. The highest BCUT2D eigenvalue weighted by Gasteiger charge is 2.25. The summed E-state index contributed by atoms with van der Waals surface area (Å²) in [5, 5.41) is 13.8. The lowest BCUT2D eigenvalue weighted by Crippen LogP contribution is -2.27. The van der Waals surface area contributed by atoms with Gasteiger partial charge in [-0.3, -0.25) is 4.57 Å². The van der Waals surface area contributed by atoms with Gasteiger partial charge in [0, 0.05) is 11.4 Å². The first-order valence-electron chi connectivity index (χ1n) is 8.77. The first-order valence-corrected chi connectivity index (χ1v) is 9.15. The second-order valence-corrected chi connectivity index (χ2v) is 7.22. The van der Waals surface area contributed by atoms with Crippen LogP contribution in [0.15, 0.2) is 47.3 Å². The van der Waals surface area contributed by atoms with Crippen molar-refractivity contribution in [2.75, 3.05) is 11.9 Å². The summed E-state index contributed by atoms with van der Waals surface area (Å²) < 4.78 is 1.57. The Morgan fingerprint density at radius 2 is 2.08 bits per heavy atom. The highest BCUT2D eigenvalue weighted by molar-refractivity contribution is 6.32. The Balaban J connectivity index is 2.00. The number of nitrogens with zero attached hydrogens (tertiary/aromatic N) is 2. The molecule has 0 bridgehead atoms. The molecule has 3 aromatic rings. The number of fused-ring (bicyclic) bond motifs is 1. The van der Waals surface area contributed by atoms with Crippen molar-refractivity contribution in [3.05, 3.63) is 63.5 Å². The maximum atomic E-state index is 12.9. The van der Waals surface area contributed by atoms with Crippen LogP contribution < -0.4 is 11.0 Å². The zero-order chi connectivity index (χ0) is 18.3. The van der Waals surface area contributed by atoms with Gasteiger partial charge in [0.1, 0.15) is 5.82 Å². The molecule has 4 rings (SSSR count). The van der Waals surface area contributed by atoms with Crippen LogP contribution in [0, 0.1) is 0 Å². The predicted octanol–water partition coefficient (Wildman–Crippen LogP) is 3.71. The second kappa shape index (κ2) is 6.74. The van der Waals surface area contributed by atoms with Crippen LogP contribution in [-0.4, -0.2) is 27.3 Å². The standard InChI is InChI=1S/C20H20ClN3O2/c1-12(11-25)22-19-15-9-8-14(13-6-7-13)10-18(15)24(20(26)23-19)17-5-3-2-4-16(17)21/h2-5,8-10,12-13,25H,6-7,11H2,1H3,(H,22,23,26). The molecule has 0 saturated heterocycles. The van der Waals surface area contributed by atoms with E-state index in [9.17, 15) is 9.90 Å². The zero-order valence-corrected chi connectivity index (χ0v) is 15.2.